The number of carbonyl (C=O) groups excluding carboxylic acids is 1. The Morgan fingerprint density at radius 1 is 1.00 bits per heavy atom. The molecule has 0 saturated heterocycles. The summed E-state index contributed by atoms with van der Waals surface area (Å²) in [6.07, 6.45) is 1.27. The Morgan fingerprint density at radius 2 is 1.71 bits per heavy atom. The van der Waals surface area contributed by atoms with Crippen molar-refractivity contribution < 1.29 is 14.3 Å². The van der Waals surface area contributed by atoms with Crippen LogP contribution in [0.25, 0.3) is 0 Å². The maximum atomic E-state index is 11.4. The molecular weight excluding hydrogens is 356 g/mol. The van der Waals surface area contributed by atoms with Gasteiger partial charge in [0.1, 0.15) is 24.7 Å². The van der Waals surface area contributed by atoms with Crippen molar-refractivity contribution in [2.24, 2.45) is 4.99 Å². The summed E-state index contributed by atoms with van der Waals surface area (Å²) in [5.74, 6) is 2.42. The Balaban J connectivity index is 1.33. The molecule has 2 aromatic rings. The van der Waals surface area contributed by atoms with Gasteiger partial charge < -0.3 is 25.4 Å². The van der Waals surface area contributed by atoms with Crippen molar-refractivity contribution in [2.45, 2.75) is 12.8 Å². The van der Waals surface area contributed by atoms with Crippen LogP contribution in [0.5, 0.6) is 11.5 Å². The van der Waals surface area contributed by atoms with E-state index in [9.17, 15) is 4.79 Å². The maximum absolute atomic E-state index is 11.4. The minimum atomic E-state index is 0.0680. The third kappa shape index (κ3) is 5.90. The van der Waals surface area contributed by atoms with Crippen molar-refractivity contribution in [1.29, 1.82) is 0 Å². The van der Waals surface area contributed by atoms with Crippen molar-refractivity contribution in [3.8, 4) is 11.5 Å². The highest BCUT2D eigenvalue weighted by molar-refractivity contribution is 5.94. The van der Waals surface area contributed by atoms with Crippen LogP contribution in [0.2, 0.25) is 0 Å². The molecule has 1 amide bonds. The number of guanidine groups is 1. The van der Waals surface area contributed by atoms with Crippen molar-refractivity contribution in [1.82, 2.24) is 10.6 Å². The van der Waals surface area contributed by atoms with Crippen LogP contribution >= 0.6 is 0 Å². The number of amides is 1. The molecule has 0 radical (unpaired) electrons. The lowest BCUT2D eigenvalue weighted by Crippen LogP contribution is -2.41. The molecule has 7 nitrogen and oxygen atoms in total. The van der Waals surface area contributed by atoms with E-state index >= 15 is 0 Å². The number of hydrogen-bond donors (Lipinski definition) is 3. The number of rotatable bonds is 8. The van der Waals surface area contributed by atoms with Crippen molar-refractivity contribution in [2.75, 3.05) is 38.7 Å². The number of carbonyl (C=O) groups is 1. The Morgan fingerprint density at radius 3 is 2.43 bits per heavy atom. The average Bonchev–Trinajstić information content (AvgIpc) is 2.73. The van der Waals surface area contributed by atoms with E-state index in [0.717, 1.165) is 29.2 Å². The first-order valence-electron chi connectivity index (χ1n) is 9.42. The predicted octanol–water partition coefficient (Wildman–Crippen LogP) is 2.19. The zero-order valence-electron chi connectivity index (χ0n) is 16.0. The van der Waals surface area contributed by atoms with E-state index in [2.05, 4.69) is 20.9 Å². The van der Waals surface area contributed by atoms with Gasteiger partial charge in [-0.15, -0.1) is 0 Å². The fourth-order valence-electron chi connectivity index (χ4n) is 2.86. The molecule has 0 fully saturated rings. The zero-order valence-corrected chi connectivity index (χ0v) is 16.0. The fourth-order valence-corrected chi connectivity index (χ4v) is 2.86. The van der Waals surface area contributed by atoms with E-state index in [0.29, 0.717) is 38.7 Å². The highest BCUT2D eigenvalue weighted by Crippen LogP contribution is 2.26. The number of anilines is 1. The van der Waals surface area contributed by atoms with Crippen LogP contribution < -0.4 is 25.4 Å². The molecule has 0 unspecified atom stereocenters. The van der Waals surface area contributed by atoms with E-state index < -0.39 is 0 Å². The van der Waals surface area contributed by atoms with Gasteiger partial charge in [-0.05, 0) is 42.3 Å². The molecule has 0 bridgehead atoms. The Labute approximate surface area is 165 Å². The number of para-hydroxylation sites is 1. The molecule has 0 saturated carbocycles. The largest absolute Gasteiger partial charge is 0.492 e. The van der Waals surface area contributed by atoms with Gasteiger partial charge in [-0.2, -0.15) is 0 Å². The van der Waals surface area contributed by atoms with Crippen LogP contribution in [0.1, 0.15) is 12.0 Å². The molecule has 1 aliphatic heterocycles. The third-order valence-electron chi connectivity index (χ3n) is 4.27. The first-order valence-corrected chi connectivity index (χ1v) is 9.42. The van der Waals surface area contributed by atoms with Crippen LogP contribution in [0, 0.1) is 0 Å². The summed E-state index contributed by atoms with van der Waals surface area (Å²) < 4.78 is 11.4. The molecule has 0 atom stereocenters. The van der Waals surface area contributed by atoms with Crippen LogP contribution in [0.15, 0.2) is 53.5 Å². The van der Waals surface area contributed by atoms with Gasteiger partial charge in [0.2, 0.25) is 5.91 Å². The van der Waals surface area contributed by atoms with E-state index in [4.69, 9.17) is 9.47 Å². The minimum absolute atomic E-state index is 0.0680. The number of ether oxygens (including phenoxy) is 2. The predicted molar refractivity (Wildman–Crippen MR) is 110 cm³/mol. The van der Waals surface area contributed by atoms with E-state index in [1.807, 2.05) is 48.5 Å². The second-order valence-corrected chi connectivity index (χ2v) is 6.30. The fraction of sp³-hybridized carbons (Fsp3) is 0.333. The molecule has 3 rings (SSSR count). The van der Waals surface area contributed by atoms with Crippen LogP contribution in [-0.2, 0) is 11.2 Å². The lowest BCUT2D eigenvalue weighted by atomic mass is 10.0. The summed E-state index contributed by atoms with van der Waals surface area (Å²) in [6, 6.07) is 15.5. The molecule has 148 valence electrons. The van der Waals surface area contributed by atoms with Gasteiger partial charge in [0, 0.05) is 19.2 Å². The number of nitrogens with one attached hydrogen (secondary N) is 3. The highest BCUT2D eigenvalue weighted by Gasteiger charge is 2.14. The molecule has 0 spiro atoms. The van der Waals surface area contributed by atoms with Gasteiger partial charge in [0.15, 0.2) is 5.96 Å². The molecule has 28 heavy (non-hydrogen) atoms. The van der Waals surface area contributed by atoms with E-state index in [1.54, 1.807) is 7.05 Å². The van der Waals surface area contributed by atoms with Gasteiger partial charge in [0.05, 0.1) is 13.1 Å². The lowest BCUT2D eigenvalue weighted by Gasteiger charge is -2.18. The van der Waals surface area contributed by atoms with E-state index in [1.165, 1.54) is 0 Å². The molecule has 1 heterocycles. The quantitative estimate of drug-likeness (QED) is 0.370. The molecule has 1 aliphatic rings. The molecule has 0 aromatic heterocycles. The second kappa shape index (κ2) is 10.2. The maximum Gasteiger partial charge on any atom is 0.224 e. The summed E-state index contributed by atoms with van der Waals surface area (Å²) in [7, 11) is 1.73. The van der Waals surface area contributed by atoms with Crippen molar-refractivity contribution in [3.05, 3.63) is 54.1 Å². The summed E-state index contributed by atoms with van der Waals surface area (Å²) in [4.78, 5) is 15.6. The van der Waals surface area contributed by atoms with Gasteiger partial charge in [0.25, 0.3) is 0 Å². The van der Waals surface area contributed by atoms with Crippen LogP contribution in [-0.4, -0.2) is 45.2 Å². The average molecular weight is 382 g/mol. The first-order chi connectivity index (χ1) is 13.7. The topological polar surface area (TPSA) is 84.0 Å². The van der Waals surface area contributed by atoms with Crippen molar-refractivity contribution in [3.63, 3.8) is 0 Å². The van der Waals surface area contributed by atoms with Gasteiger partial charge >= 0.3 is 0 Å². The van der Waals surface area contributed by atoms with Gasteiger partial charge in [-0.3, -0.25) is 9.79 Å². The number of nitrogens with zero attached hydrogens (tertiary/aromatic N) is 1. The highest BCUT2D eigenvalue weighted by atomic mass is 16.5. The summed E-state index contributed by atoms with van der Waals surface area (Å²) in [5, 5.41) is 9.28. The molecule has 3 N–H and O–H groups in total. The smallest absolute Gasteiger partial charge is 0.224 e. The molecule has 0 aliphatic carbocycles. The molecule has 7 heteroatoms. The van der Waals surface area contributed by atoms with Crippen LogP contribution in [0.4, 0.5) is 5.69 Å². The molecular formula is C21H26N4O3. The lowest BCUT2D eigenvalue weighted by molar-refractivity contribution is -0.116. The summed E-state index contributed by atoms with van der Waals surface area (Å²) in [5.41, 5.74) is 1.99. The Hall–Kier alpha value is -3.22. The number of hydrogen-bond acceptors (Lipinski definition) is 4. The first kappa shape index (κ1) is 19.5. The number of aliphatic imine (C=N–C) groups is 1. The SMILES string of the molecule is CN=C(NCCOc1ccccc1)NCCOc1ccc2c(c1)CCC(=O)N2. The zero-order chi connectivity index (χ0) is 19.6. The minimum Gasteiger partial charge on any atom is -0.492 e. The van der Waals surface area contributed by atoms with Gasteiger partial charge in [-0.1, -0.05) is 18.2 Å². The summed E-state index contributed by atoms with van der Waals surface area (Å²) in [6.45, 7) is 2.32. The normalized spacial score (nSPS) is 13.3. The third-order valence-corrected chi connectivity index (χ3v) is 4.27. The Kier molecular flexibility index (Phi) is 7.12. The van der Waals surface area contributed by atoms with Crippen LogP contribution in [0.3, 0.4) is 0 Å². The standard InChI is InChI=1S/C21H26N4O3/c1-22-21(23-11-13-27-17-5-3-2-4-6-17)24-12-14-28-18-8-9-19-16(15-18)7-10-20(26)25-19/h2-6,8-9,15H,7,10-14H2,1H3,(H,25,26)(H2,22,23,24). The number of aryl methyl sites for hydroxylation is 1. The number of fused-ring (bicyclic) bond motifs is 1. The van der Waals surface area contributed by atoms with Crippen molar-refractivity contribution >= 4 is 17.6 Å². The second-order valence-electron chi connectivity index (χ2n) is 6.30. The summed E-state index contributed by atoms with van der Waals surface area (Å²) >= 11 is 0. The van der Waals surface area contributed by atoms with E-state index in [-0.39, 0.29) is 5.91 Å². The molecule has 2 aromatic carbocycles. The van der Waals surface area contributed by atoms with Gasteiger partial charge in [-0.25, -0.2) is 0 Å². The Bertz CT molecular complexity index is 809. The monoisotopic (exact) mass is 382 g/mol. The number of benzene rings is 2.